The first-order valence-electron chi connectivity index (χ1n) is 51.5. The van der Waals surface area contributed by atoms with Gasteiger partial charge in [-0.15, -0.1) is 0 Å². The number of carbonyl (C=O) groups excluding carboxylic acids is 4. The summed E-state index contributed by atoms with van der Waals surface area (Å²) >= 11 is 9.90. The Morgan fingerprint density at radius 2 is 0.844 bits per heavy atom. The highest BCUT2D eigenvalue weighted by atomic mass is 79.9. The molecule has 0 unspecified atom stereocenters. The van der Waals surface area contributed by atoms with E-state index in [1.165, 1.54) is 22.5 Å². The summed E-state index contributed by atoms with van der Waals surface area (Å²) in [6.45, 7) is 34.8. The number of fused-ring (bicyclic) bond motifs is 2. The number of rotatable bonds is 35. The van der Waals surface area contributed by atoms with Gasteiger partial charge in [-0.25, -0.2) is 19.9 Å². The van der Waals surface area contributed by atoms with Crippen LogP contribution in [0.2, 0.25) is 5.02 Å². The average Bonchev–Trinajstić information content (AvgIpc) is 1.65. The third-order valence-corrected chi connectivity index (χ3v) is 28.2. The van der Waals surface area contributed by atoms with Crippen molar-refractivity contribution < 1.29 is 69.2 Å². The predicted molar refractivity (Wildman–Crippen MR) is 567 cm³/mol. The lowest BCUT2D eigenvalue weighted by Crippen LogP contribution is -2.44. The summed E-state index contributed by atoms with van der Waals surface area (Å²) in [6, 6.07) is 25.6. The van der Waals surface area contributed by atoms with E-state index in [4.69, 9.17) is 40.3 Å². The van der Waals surface area contributed by atoms with Crippen LogP contribution >= 0.6 is 27.5 Å². The number of halogens is 8. The molecule has 9 saturated heterocycles. The van der Waals surface area contributed by atoms with Gasteiger partial charge in [-0.3, -0.25) is 19.2 Å². The molecule has 13 heterocycles. The second kappa shape index (κ2) is 54.8. The van der Waals surface area contributed by atoms with Crippen molar-refractivity contribution in [3.05, 3.63) is 140 Å². The third-order valence-electron chi connectivity index (χ3n) is 27.4. The second-order valence-corrected chi connectivity index (χ2v) is 39.6. The van der Waals surface area contributed by atoms with Gasteiger partial charge in [-0.05, 0) is 209 Å². The number of nitrogens with one attached hydrogen (secondary N) is 8. The maximum atomic E-state index is 13.7. The quantitative estimate of drug-likeness (QED) is 0.0135. The maximum absolute atomic E-state index is 13.7. The zero-order valence-corrected chi connectivity index (χ0v) is 88.0. The number of carbonyl (C=O) groups is 4. The van der Waals surface area contributed by atoms with Crippen LogP contribution in [0.1, 0.15) is 131 Å². The fourth-order valence-corrected chi connectivity index (χ4v) is 19.2. The number of alkyl halides is 6. The molecular weight excluding hydrogens is 1990 g/mol. The van der Waals surface area contributed by atoms with Crippen molar-refractivity contribution in [2.75, 3.05) is 306 Å². The zero-order valence-electron chi connectivity index (χ0n) is 85.7. The Balaban J connectivity index is 0.000000155. The Hall–Kier alpha value is -11.3. The van der Waals surface area contributed by atoms with E-state index in [0.717, 1.165) is 211 Å². The van der Waals surface area contributed by atoms with Crippen molar-refractivity contribution in [2.45, 2.75) is 142 Å². The molecule has 9 fully saturated rings. The summed E-state index contributed by atoms with van der Waals surface area (Å²) in [5.74, 6) is 2.53. The van der Waals surface area contributed by atoms with Gasteiger partial charge in [0, 0.05) is 228 Å². The largest absolute Gasteiger partial charge is 0.421 e. The minimum absolute atomic E-state index is 0.00192. The molecule has 8 N–H and O–H groups in total. The van der Waals surface area contributed by atoms with Crippen LogP contribution in [-0.2, 0) is 68.1 Å². The number of aromatic nitrogens is 8. The van der Waals surface area contributed by atoms with Gasteiger partial charge in [-0.1, -0.05) is 39.3 Å². The number of likely N-dealkylation sites (N-methyl/N-ethyl adjacent to an activating group) is 3. The molecule has 4 amide bonds. The number of anilines is 16. The number of morpholine rings is 1. The molecule has 9 aliphatic heterocycles. The van der Waals surface area contributed by atoms with Crippen LogP contribution in [0.5, 0.6) is 0 Å². The van der Waals surface area contributed by atoms with E-state index < -0.39 is 23.5 Å². The van der Waals surface area contributed by atoms with Gasteiger partial charge in [0.25, 0.3) is 0 Å². The van der Waals surface area contributed by atoms with Gasteiger partial charge >= 0.3 is 12.4 Å². The molecule has 4 aromatic carbocycles. The van der Waals surface area contributed by atoms with E-state index in [1.54, 1.807) is 22.2 Å². The van der Waals surface area contributed by atoms with Crippen molar-refractivity contribution >= 4 is 144 Å². The average molecular weight is 2130 g/mol. The van der Waals surface area contributed by atoms with E-state index in [2.05, 4.69) is 218 Å². The lowest BCUT2D eigenvalue weighted by atomic mass is 9.99. The van der Waals surface area contributed by atoms with Crippen LogP contribution in [0, 0.1) is 6.92 Å². The summed E-state index contributed by atoms with van der Waals surface area (Å²) in [5.41, 5.74) is 10.9. The zero-order chi connectivity index (χ0) is 104. The van der Waals surface area contributed by atoms with Gasteiger partial charge in [-0.2, -0.15) is 46.3 Å². The number of aryl methyl sites for hydroxylation is 3. The number of hydrogen-bond acceptors (Lipinski definition) is 32. The monoisotopic (exact) mass is 2130 g/mol. The molecule has 9 aliphatic rings. The van der Waals surface area contributed by atoms with Crippen LogP contribution in [0.25, 0.3) is 0 Å². The van der Waals surface area contributed by atoms with Crippen molar-refractivity contribution in [1.29, 1.82) is 0 Å². The van der Waals surface area contributed by atoms with Crippen molar-refractivity contribution in [2.24, 2.45) is 0 Å². The fraction of sp³-hybridized carbons (Fsp3) is 0.573. The number of amides is 4. The topological polar surface area (TPSA) is 349 Å². The van der Waals surface area contributed by atoms with Crippen LogP contribution in [0.3, 0.4) is 0 Å². The molecule has 44 heteroatoms. The van der Waals surface area contributed by atoms with Crippen LogP contribution in [-0.4, -0.2) is 354 Å². The summed E-state index contributed by atoms with van der Waals surface area (Å²) in [7, 11) is 6.48. The molecule has 800 valence electrons. The Bertz CT molecular complexity index is 5620. The van der Waals surface area contributed by atoms with Crippen molar-refractivity contribution in [3.63, 3.8) is 0 Å². The molecule has 0 radical (unpaired) electrons. The van der Waals surface area contributed by atoms with Gasteiger partial charge in [0.15, 0.2) is 0 Å². The van der Waals surface area contributed by atoms with E-state index >= 15 is 0 Å². The number of benzene rings is 4. The third kappa shape index (κ3) is 32.9. The Kier molecular flexibility index (Phi) is 41.5. The minimum Gasteiger partial charge on any atom is -0.379 e. The summed E-state index contributed by atoms with van der Waals surface area (Å²) in [6.07, 6.45) is 4.40. The van der Waals surface area contributed by atoms with Gasteiger partial charge in [0.1, 0.15) is 46.0 Å². The highest BCUT2D eigenvalue weighted by Gasteiger charge is 2.41. The normalized spacial score (nSPS) is 18.6. The number of nitrogens with zero attached hydrogens (tertiary/aromatic N) is 19. The molecular formula is C103H143BrClF6N27O9. The molecule has 17 rings (SSSR count). The Labute approximate surface area is 871 Å². The van der Waals surface area contributed by atoms with Gasteiger partial charge < -0.3 is 120 Å². The molecule has 0 spiro atoms. The molecule has 0 aliphatic carbocycles. The van der Waals surface area contributed by atoms with E-state index in [9.17, 15) is 45.5 Å². The van der Waals surface area contributed by atoms with E-state index in [-0.39, 0.29) is 73.0 Å². The number of ether oxygens (including phenoxy) is 5. The summed E-state index contributed by atoms with van der Waals surface area (Å²) < 4.78 is 110. The first-order chi connectivity index (χ1) is 70.9. The lowest BCUT2D eigenvalue weighted by molar-refractivity contribution is -0.138. The standard InChI is InChI=1S/C27H38F3N7O2.C26H38BrN7O2.C25H36ClN7O2.C25H31F3N6O3/c1-3-20-18-21(36-12-5-10-35(2)13-14-36)6-7-23(20)33-26-32-19-22(27(28,29)30)25(34-26)31-9-4-11-37-15-17-39-16-8-24(37)38;1-19(2)21-16-20(33-13-11-32(3)12-14-33)6-7-23(21)30-26-29-17-22(27)25(31-26)28-8-4-9-34-10-5-15-36-18-24(34)35;1-3-19-17-20(32-12-10-31(2)11-13-32)5-6-22(19)29-25-28-18-21(26)24(30-25)27-8-4-9-33-14-16-35-15-7-23(33)34;1-16-11-17(34-14-19-12-18(34)15-37-19)3-4-21(16)31-24-30-13-20(25(26,27)28)23(32-24)29-6-2-7-33-8-10-36-9-5-22(33)35/h6-7,18-19H,3-5,8-17H2,1-2H3,(H2,31,32,33,34);6-7,16-17,19H,4-5,8-15,18H2,1-3H3,(H2,28,29,30,31);5-6,17-18H,3-4,7-16H2,1-2H3,(H2,27,28,29,30);3-4,11,13,18-19H,2,5-10,12,14-15H2,1H3,(H2,29,30,31,32)/t;;;18-,19-/m...1/s1. The SMILES string of the molecule is CC(C)c1cc(N2CCN(C)CC2)ccc1Nc1ncc(Br)c(NCCCN2CCCOCC2=O)n1.CCc1cc(N2CCCN(C)CC2)ccc1Nc1ncc(C(F)(F)F)c(NCCCN2CCOCCC2=O)n1.CCc1cc(N2CCN(C)CC2)ccc1Nc1ncc(Cl)c(NCCCN2CCOCCC2=O)n1.Cc1cc(N2C[C@H]3C[C@@H]2CO3)ccc1Nc1ncc(C(F)(F)F)c(NCCCN2CCOCCC2=O)n1. The smallest absolute Gasteiger partial charge is 0.379 e. The van der Waals surface area contributed by atoms with Crippen LogP contribution in [0.15, 0.2) is 102 Å². The van der Waals surface area contributed by atoms with Crippen LogP contribution in [0.4, 0.5) is 119 Å². The first kappa shape index (κ1) is 111. The van der Waals surface area contributed by atoms with E-state index in [1.807, 2.05) is 47.9 Å². The number of hydrogen-bond donors (Lipinski definition) is 8. The molecule has 8 aromatic rings. The Morgan fingerprint density at radius 1 is 0.435 bits per heavy atom. The summed E-state index contributed by atoms with van der Waals surface area (Å²) in [5, 5.41) is 25.7. The molecule has 4 aromatic heterocycles. The van der Waals surface area contributed by atoms with Crippen molar-refractivity contribution in [1.82, 2.24) is 74.2 Å². The summed E-state index contributed by atoms with van der Waals surface area (Å²) in [4.78, 5) is 107. The molecule has 2 bridgehead atoms. The molecule has 0 saturated carbocycles. The highest BCUT2D eigenvalue weighted by molar-refractivity contribution is 9.10. The fourth-order valence-electron chi connectivity index (χ4n) is 18.7. The first-order valence-corrected chi connectivity index (χ1v) is 52.7. The number of piperazine rings is 2. The molecule has 147 heavy (non-hydrogen) atoms. The molecule has 2 atom stereocenters. The van der Waals surface area contributed by atoms with Crippen molar-refractivity contribution in [3.8, 4) is 0 Å². The highest BCUT2D eigenvalue weighted by Crippen LogP contribution is 2.41. The Morgan fingerprint density at radius 3 is 1.31 bits per heavy atom. The van der Waals surface area contributed by atoms with Gasteiger partial charge in [0.05, 0.1) is 88.3 Å². The van der Waals surface area contributed by atoms with Crippen LogP contribution < -0.4 is 62.1 Å². The minimum atomic E-state index is -4.60. The van der Waals surface area contributed by atoms with E-state index in [0.29, 0.717) is 172 Å². The predicted octanol–water partition coefficient (Wildman–Crippen LogP) is 14.7. The van der Waals surface area contributed by atoms with Gasteiger partial charge in [0.2, 0.25) is 47.4 Å². The second-order valence-electron chi connectivity index (χ2n) is 38.4. The lowest BCUT2D eigenvalue weighted by Gasteiger charge is -2.34. The molecule has 36 nitrogen and oxygen atoms in total. The maximum Gasteiger partial charge on any atom is 0.421 e.